The molecule has 0 aliphatic carbocycles. The fraction of sp³-hybridized carbons (Fsp3) is 0.167. The van der Waals surface area contributed by atoms with Crippen molar-refractivity contribution < 1.29 is 4.79 Å². The first-order valence-corrected chi connectivity index (χ1v) is 6.81. The summed E-state index contributed by atoms with van der Waals surface area (Å²) in [4.78, 5) is 14.4. The quantitative estimate of drug-likeness (QED) is 0.518. The number of carbonyl (C=O) groups is 1. The predicted molar refractivity (Wildman–Crippen MR) is 75.9 cm³/mol. The van der Waals surface area contributed by atoms with Crippen molar-refractivity contribution in [2.45, 2.75) is 9.83 Å². The lowest BCUT2D eigenvalue weighted by Crippen LogP contribution is -2.45. The van der Waals surface area contributed by atoms with Crippen molar-refractivity contribution in [1.82, 2.24) is 10.3 Å². The molecule has 2 heterocycles. The number of allylic oxidation sites excluding steroid dienone is 2. The van der Waals surface area contributed by atoms with Crippen LogP contribution in [0.1, 0.15) is 10.4 Å². The first-order valence-electron chi connectivity index (χ1n) is 5.14. The molecule has 1 aliphatic rings. The van der Waals surface area contributed by atoms with E-state index in [-0.39, 0.29) is 10.9 Å². The summed E-state index contributed by atoms with van der Waals surface area (Å²) in [6, 6.07) is 3.45. The lowest BCUT2D eigenvalue weighted by Gasteiger charge is -2.26. The van der Waals surface area contributed by atoms with Crippen molar-refractivity contribution in [3.8, 4) is 0 Å². The Morgan fingerprint density at radius 2 is 2.28 bits per heavy atom. The number of dihydropyridines is 1. The second-order valence-corrected chi connectivity index (χ2v) is 5.55. The van der Waals surface area contributed by atoms with Crippen molar-refractivity contribution >= 4 is 44.9 Å². The molecule has 2 rings (SSSR count). The third kappa shape index (κ3) is 2.60. The number of halogens is 3. The predicted octanol–water partition coefficient (Wildman–Crippen LogP) is 3.35. The summed E-state index contributed by atoms with van der Waals surface area (Å²) >= 11 is 15.5. The van der Waals surface area contributed by atoms with E-state index in [9.17, 15) is 4.79 Å². The van der Waals surface area contributed by atoms with E-state index in [4.69, 9.17) is 23.2 Å². The molecule has 0 aromatic carbocycles. The third-order valence-electron chi connectivity index (χ3n) is 2.48. The molecule has 94 valence electrons. The van der Waals surface area contributed by atoms with Crippen LogP contribution in [0.25, 0.3) is 0 Å². The molecule has 3 nitrogen and oxygen atoms in total. The van der Waals surface area contributed by atoms with Gasteiger partial charge in [-0.2, -0.15) is 0 Å². The lowest BCUT2D eigenvalue weighted by molar-refractivity contribution is -0.120. The van der Waals surface area contributed by atoms with Crippen LogP contribution >= 0.6 is 39.1 Å². The molecule has 0 fully saturated rings. The van der Waals surface area contributed by atoms with Gasteiger partial charge in [-0.05, 0) is 24.4 Å². The average Bonchev–Trinajstić information content (AvgIpc) is 2.38. The molecule has 1 aromatic rings. The molecule has 0 bridgehead atoms. The first kappa shape index (κ1) is 13.6. The van der Waals surface area contributed by atoms with Gasteiger partial charge in [-0.3, -0.25) is 4.79 Å². The summed E-state index contributed by atoms with van der Waals surface area (Å²) in [5.41, 5.74) is 0.592. The number of pyridine rings is 1. The van der Waals surface area contributed by atoms with Crippen molar-refractivity contribution in [1.29, 1.82) is 0 Å². The number of aromatic nitrogens is 1. The summed E-state index contributed by atoms with van der Waals surface area (Å²) in [6.07, 6.45) is 8.25. The molecular formula is C12H9BrCl2N2O. The number of alkyl halides is 2. The molecule has 1 N–H and O–H groups in total. The Morgan fingerprint density at radius 1 is 1.50 bits per heavy atom. The van der Waals surface area contributed by atoms with Gasteiger partial charge in [-0.25, -0.2) is 4.98 Å². The molecule has 0 amide bonds. The number of nitrogens with zero attached hydrogens (tertiary/aromatic N) is 1. The van der Waals surface area contributed by atoms with Crippen LogP contribution in [0.3, 0.4) is 0 Å². The van der Waals surface area contributed by atoms with Gasteiger partial charge in [0.25, 0.3) is 0 Å². The summed E-state index contributed by atoms with van der Waals surface area (Å²) in [5, 5.41) is 3.10. The van der Waals surface area contributed by atoms with Crippen LogP contribution in [0, 0.1) is 0 Å². The van der Waals surface area contributed by atoms with Crippen molar-refractivity contribution in [2.24, 2.45) is 0 Å². The van der Waals surface area contributed by atoms with E-state index in [0.29, 0.717) is 5.56 Å². The van der Waals surface area contributed by atoms with Crippen molar-refractivity contribution in [3.05, 3.63) is 53.5 Å². The summed E-state index contributed by atoms with van der Waals surface area (Å²) in [5.74, 6) is -0.250. The first-order chi connectivity index (χ1) is 8.54. The molecule has 0 spiro atoms. The number of Topliss-reactive ketones (excluding diaryl/α,β-unsaturated/α-hetero) is 1. The highest BCUT2D eigenvalue weighted by Gasteiger charge is 2.38. The van der Waals surface area contributed by atoms with Crippen LogP contribution < -0.4 is 5.32 Å². The van der Waals surface area contributed by atoms with Gasteiger partial charge in [0.05, 0.1) is 0 Å². The minimum absolute atomic E-state index is 0.250. The van der Waals surface area contributed by atoms with Gasteiger partial charge in [0, 0.05) is 11.8 Å². The van der Waals surface area contributed by atoms with E-state index in [1.807, 2.05) is 0 Å². The second-order valence-electron chi connectivity index (χ2n) is 3.68. The Balaban J connectivity index is 2.27. The number of nitrogens with one attached hydrogen (secondary N) is 1. The van der Waals surface area contributed by atoms with Crippen LogP contribution in [0.15, 0.2) is 42.8 Å². The molecule has 1 aromatic heterocycles. The smallest absolute Gasteiger partial charge is 0.195 e. The maximum absolute atomic E-state index is 12.4. The molecule has 2 unspecified atom stereocenters. The monoisotopic (exact) mass is 346 g/mol. The van der Waals surface area contributed by atoms with Crippen molar-refractivity contribution in [3.63, 3.8) is 0 Å². The number of hydrogen-bond donors (Lipinski definition) is 1. The van der Waals surface area contributed by atoms with E-state index >= 15 is 0 Å². The lowest BCUT2D eigenvalue weighted by atomic mass is 10.0. The average molecular weight is 348 g/mol. The van der Waals surface area contributed by atoms with Crippen molar-refractivity contribution in [2.75, 3.05) is 0 Å². The minimum atomic E-state index is -1.26. The molecule has 18 heavy (non-hydrogen) atoms. The summed E-state index contributed by atoms with van der Waals surface area (Å²) in [7, 11) is 0. The van der Waals surface area contributed by atoms with Gasteiger partial charge >= 0.3 is 0 Å². The Morgan fingerprint density at radius 3 is 2.89 bits per heavy atom. The fourth-order valence-electron chi connectivity index (χ4n) is 1.53. The highest BCUT2D eigenvalue weighted by molar-refractivity contribution is 9.09. The number of ketones is 1. The second kappa shape index (κ2) is 5.43. The van der Waals surface area contributed by atoms with Crippen LogP contribution in [0.4, 0.5) is 0 Å². The molecule has 2 atom stereocenters. The largest absolute Gasteiger partial charge is 0.364 e. The van der Waals surface area contributed by atoms with Gasteiger partial charge < -0.3 is 5.32 Å². The van der Waals surface area contributed by atoms with Gasteiger partial charge in [-0.1, -0.05) is 51.3 Å². The van der Waals surface area contributed by atoms with Gasteiger partial charge in [0.1, 0.15) is 9.98 Å². The minimum Gasteiger partial charge on any atom is -0.364 e. The molecule has 0 saturated heterocycles. The number of carbonyl (C=O) groups excluding carboxylic acids is 1. The molecule has 1 aliphatic heterocycles. The van der Waals surface area contributed by atoms with E-state index in [1.54, 1.807) is 42.8 Å². The highest BCUT2D eigenvalue weighted by Crippen LogP contribution is 2.34. The fourth-order valence-corrected chi connectivity index (χ4v) is 3.00. The van der Waals surface area contributed by atoms with Gasteiger partial charge in [0.15, 0.2) is 10.8 Å². The topological polar surface area (TPSA) is 42.0 Å². The van der Waals surface area contributed by atoms with E-state index in [2.05, 4.69) is 26.2 Å². The SMILES string of the molecule is O=C(C(Br)c1cccnc1Cl)C1(Cl)C=CC=CN1. The zero-order chi connectivity index (χ0) is 13.2. The van der Waals surface area contributed by atoms with Gasteiger partial charge in [0.2, 0.25) is 0 Å². The number of rotatable bonds is 3. The van der Waals surface area contributed by atoms with E-state index < -0.39 is 9.83 Å². The zero-order valence-corrected chi connectivity index (χ0v) is 12.2. The number of hydrogen-bond acceptors (Lipinski definition) is 3. The molecule has 6 heteroatoms. The normalized spacial score (nSPS) is 23.5. The third-order valence-corrected chi connectivity index (χ3v) is 4.12. The summed E-state index contributed by atoms with van der Waals surface area (Å²) in [6.45, 7) is 0. The van der Waals surface area contributed by atoms with Crippen LogP contribution in [-0.2, 0) is 4.79 Å². The maximum atomic E-state index is 12.4. The molecular weight excluding hydrogens is 339 g/mol. The highest BCUT2D eigenvalue weighted by atomic mass is 79.9. The van der Waals surface area contributed by atoms with E-state index in [1.165, 1.54) is 0 Å². The van der Waals surface area contributed by atoms with Crippen LogP contribution in [0.5, 0.6) is 0 Å². The van der Waals surface area contributed by atoms with Gasteiger partial charge in [-0.15, -0.1) is 0 Å². The van der Waals surface area contributed by atoms with Crippen LogP contribution in [0.2, 0.25) is 5.15 Å². The zero-order valence-electron chi connectivity index (χ0n) is 9.11. The Kier molecular flexibility index (Phi) is 4.10. The van der Waals surface area contributed by atoms with E-state index in [0.717, 1.165) is 0 Å². The molecule has 0 radical (unpaired) electrons. The Bertz CT molecular complexity index is 533. The van der Waals surface area contributed by atoms with Crippen LogP contribution in [-0.4, -0.2) is 15.8 Å². The Labute approximate surface area is 123 Å². The summed E-state index contributed by atoms with van der Waals surface area (Å²) < 4.78 is 0. The Hall–Kier alpha value is -0.840. The standard InChI is InChI=1S/C12H9BrCl2N2O/c13-9(8-4-3-6-16-11(8)14)10(18)12(15)5-1-2-7-17-12/h1-7,9,17H. The maximum Gasteiger partial charge on any atom is 0.195 e. The molecule has 0 saturated carbocycles.